The molecule has 0 saturated carbocycles. The molecule has 3 rings (SSSR count). The number of ether oxygens (including phenoxy) is 1. The van der Waals surface area contributed by atoms with E-state index in [4.69, 9.17) is 20.8 Å². The lowest BCUT2D eigenvalue weighted by Gasteiger charge is -2.11. The monoisotopic (exact) mass is 314 g/mol. The minimum absolute atomic E-state index is 0.228. The summed E-state index contributed by atoms with van der Waals surface area (Å²) in [6.07, 6.45) is 1.48. The highest BCUT2D eigenvalue weighted by Gasteiger charge is 2.21. The summed E-state index contributed by atoms with van der Waals surface area (Å²) in [6.45, 7) is 1.29. The van der Waals surface area contributed by atoms with Crippen LogP contribution in [0.25, 0.3) is 22.1 Å². The molecule has 22 heavy (non-hydrogen) atoms. The summed E-state index contributed by atoms with van der Waals surface area (Å²) in [4.78, 5) is 23.1. The van der Waals surface area contributed by atoms with E-state index < -0.39 is 11.2 Å². The van der Waals surface area contributed by atoms with Gasteiger partial charge in [-0.2, -0.15) is 0 Å². The zero-order valence-corrected chi connectivity index (χ0v) is 12.4. The molecule has 5 heteroatoms. The Bertz CT molecular complexity index is 865. The van der Waals surface area contributed by atoms with E-state index in [1.165, 1.54) is 19.3 Å². The van der Waals surface area contributed by atoms with E-state index in [0.717, 1.165) is 5.56 Å². The van der Waals surface area contributed by atoms with Crippen molar-refractivity contribution in [2.24, 2.45) is 0 Å². The smallest absolute Gasteiger partial charge is 0.308 e. The zero-order chi connectivity index (χ0) is 15.7. The highest BCUT2D eigenvalue weighted by molar-refractivity contribution is 6.68. The third-order valence-corrected chi connectivity index (χ3v) is 3.43. The van der Waals surface area contributed by atoms with Gasteiger partial charge in [-0.15, -0.1) is 0 Å². The van der Waals surface area contributed by atoms with Crippen LogP contribution in [0.4, 0.5) is 0 Å². The molecule has 1 heterocycles. The second-order valence-corrected chi connectivity index (χ2v) is 5.04. The first-order chi connectivity index (χ1) is 10.6. The predicted octanol–water partition coefficient (Wildman–Crippen LogP) is 4.40. The number of halogens is 1. The Morgan fingerprint density at radius 3 is 2.50 bits per heavy atom. The van der Waals surface area contributed by atoms with E-state index in [1.54, 1.807) is 6.07 Å². The number of rotatable bonds is 3. The molecule has 0 spiro atoms. The van der Waals surface area contributed by atoms with Crippen LogP contribution in [0.2, 0.25) is 0 Å². The van der Waals surface area contributed by atoms with Crippen molar-refractivity contribution in [2.45, 2.75) is 6.92 Å². The second kappa shape index (κ2) is 5.66. The average Bonchev–Trinajstić information content (AvgIpc) is 2.96. The van der Waals surface area contributed by atoms with E-state index >= 15 is 0 Å². The quantitative estimate of drug-likeness (QED) is 0.408. The summed E-state index contributed by atoms with van der Waals surface area (Å²) in [5.41, 5.74) is 2.05. The normalized spacial score (nSPS) is 10.6. The Morgan fingerprint density at radius 1 is 1.14 bits per heavy atom. The number of furan rings is 1. The summed E-state index contributed by atoms with van der Waals surface area (Å²) >= 11 is 5.71. The van der Waals surface area contributed by atoms with Crippen molar-refractivity contribution in [3.8, 4) is 16.9 Å². The summed E-state index contributed by atoms with van der Waals surface area (Å²) in [6, 6.07) is 12.4. The highest BCUT2D eigenvalue weighted by Crippen LogP contribution is 2.39. The van der Waals surface area contributed by atoms with Crippen LogP contribution in [0.3, 0.4) is 0 Å². The third kappa shape index (κ3) is 2.49. The van der Waals surface area contributed by atoms with E-state index in [0.29, 0.717) is 16.5 Å². The van der Waals surface area contributed by atoms with Gasteiger partial charge in [0, 0.05) is 18.1 Å². The van der Waals surface area contributed by atoms with Gasteiger partial charge in [-0.05, 0) is 29.3 Å². The molecule has 0 unspecified atom stereocenters. The Balaban J connectivity index is 2.36. The topological polar surface area (TPSA) is 56.5 Å². The van der Waals surface area contributed by atoms with Crippen molar-refractivity contribution in [3.05, 3.63) is 54.3 Å². The van der Waals surface area contributed by atoms with E-state index in [2.05, 4.69) is 0 Å². The summed E-state index contributed by atoms with van der Waals surface area (Å²) in [5.74, 6) is -0.233. The molecule has 0 amide bonds. The Labute approximate surface area is 131 Å². The SMILES string of the molecule is CC(=O)Oc1cc(C(=O)Cl)c(-c2ccccc2)c2occc12. The lowest BCUT2D eigenvalue weighted by molar-refractivity contribution is -0.131. The van der Waals surface area contributed by atoms with Crippen molar-refractivity contribution in [1.82, 2.24) is 0 Å². The molecule has 0 fully saturated rings. The zero-order valence-electron chi connectivity index (χ0n) is 11.6. The number of hydrogen-bond donors (Lipinski definition) is 0. The van der Waals surface area contributed by atoms with E-state index in [1.807, 2.05) is 30.3 Å². The van der Waals surface area contributed by atoms with Crippen LogP contribution in [-0.4, -0.2) is 11.2 Å². The fourth-order valence-corrected chi connectivity index (χ4v) is 2.53. The van der Waals surface area contributed by atoms with Crippen LogP contribution in [-0.2, 0) is 4.79 Å². The number of fused-ring (bicyclic) bond motifs is 1. The number of benzene rings is 2. The molecule has 0 saturated heterocycles. The number of carbonyl (C=O) groups is 2. The number of esters is 1. The Morgan fingerprint density at radius 2 is 1.86 bits per heavy atom. The first-order valence-corrected chi connectivity index (χ1v) is 6.93. The number of hydrogen-bond acceptors (Lipinski definition) is 4. The van der Waals surface area contributed by atoms with Crippen molar-refractivity contribution in [2.75, 3.05) is 0 Å². The highest BCUT2D eigenvalue weighted by atomic mass is 35.5. The van der Waals surface area contributed by atoms with E-state index in [-0.39, 0.29) is 11.3 Å². The van der Waals surface area contributed by atoms with Crippen molar-refractivity contribution in [1.29, 1.82) is 0 Å². The maximum absolute atomic E-state index is 11.8. The molecule has 0 radical (unpaired) electrons. The van der Waals surface area contributed by atoms with Crippen molar-refractivity contribution in [3.63, 3.8) is 0 Å². The van der Waals surface area contributed by atoms with Crippen LogP contribution in [0.1, 0.15) is 17.3 Å². The molecule has 4 nitrogen and oxygen atoms in total. The molecule has 2 aromatic carbocycles. The fraction of sp³-hybridized carbons (Fsp3) is 0.0588. The third-order valence-electron chi connectivity index (χ3n) is 3.23. The minimum Gasteiger partial charge on any atom is -0.464 e. The fourth-order valence-electron chi connectivity index (χ4n) is 2.39. The Hall–Kier alpha value is -2.59. The molecule has 0 aliphatic carbocycles. The van der Waals surface area contributed by atoms with E-state index in [9.17, 15) is 9.59 Å². The van der Waals surface area contributed by atoms with Crippen LogP contribution >= 0.6 is 11.6 Å². The van der Waals surface area contributed by atoms with Gasteiger partial charge < -0.3 is 9.15 Å². The van der Waals surface area contributed by atoms with Gasteiger partial charge in [-0.1, -0.05) is 30.3 Å². The molecule has 0 aliphatic rings. The van der Waals surface area contributed by atoms with Crippen molar-refractivity contribution >= 4 is 33.8 Å². The molecule has 110 valence electrons. The minimum atomic E-state index is -0.648. The molecular weight excluding hydrogens is 304 g/mol. The molecule has 1 aromatic heterocycles. The van der Waals surface area contributed by atoms with Gasteiger partial charge in [0.05, 0.1) is 11.6 Å². The molecule has 0 atom stereocenters. The Kier molecular flexibility index (Phi) is 3.69. The average molecular weight is 315 g/mol. The van der Waals surface area contributed by atoms with Crippen LogP contribution in [0, 0.1) is 0 Å². The maximum Gasteiger partial charge on any atom is 0.308 e. The van der Waals surface area contributed by atoms with Gasteiger partial charge in [0.1, 0.15) is 11.3 Å². The molecular formula is C17H11ClO4. The van der Waals surface area contributed by atoms with Gasteiger partial charge in [0.15, 0.2) is 0 Å². The standard InChI is InChI=1S/C17H11ClO4/c1-10(19)22-14-9-13(17(18)20)15(11-5-3-2-4-6-11)16-12(14)7-8-21-16/h2-9H,1H3. The van der Waals surface area contributed by atoms with Gasteiger partial charge in [0.25, 0.3) is 5.24 Å². The molecule has 0 bridgehead atoms. The van der Waals surface area contributed by atoms with Crippen LogP contribution in [0.15, 0.2) is 53.1 Å². The molecule has 3 aromatic rings. The van der Waals surface area contributed by atoms with Crippen molar-refractivity contribution < 1.29 is 18.7 Å². The first-order valence-electron chi connectivity index (χ1n) is 6.56. The van der Waals surface area contributed by atoms with Gasteiger partial charge in [0.2, 0.25) is 0 Å². The predicted molar refractivity (Wildman–Crippen MR) is 83.1 cm³/mol. The summed E-state index contributed by atoms with van der Waals surface area (Å²) in [5, 5.41) is -0.0405. The maximum atomic E-state index is 11.8. The summed E-state index contributed by atoms with van der Waals surface area (Å²) in [7, 11) is 0. The van der Waals surface area contributed by atoms with Gasteiger partial charge >= 0.3 is 5.97 Å². The number of carbonyl (C=O) groups excluding carboxylic acids is 2. The molecule has 0 N–H and O–H groups in total. The summed E-state index contributed by atoms with van der Waals surface area (Å²) < 4.78 is 10.7. The lowest BCUT2D eigenvalue weighted by atomic mass is 9.97. The second-order valence-electron chi connectivity index (χ2n) is 4.69. The van der Waals surface area contributed by atoms with Gasteiger partial charge in [-0.25, -0.2) is 0 Å². The lowest BCUT2D eigenvalue weighted by Crippen LogP contribution is -2.04. The van der Waals surface area contributed by atoms with Gasteiger partial charge in [-0.3, -0.25) is 9.59 Å². The van der Waals surface area contributed by atoms with Crippen LogP contribution < -0.4 is 4.74 Å². The first kappa shape index (κ1) is 14.4. The largest absolute Gasteiger partial charge is 0.464 e. The molecule has 0 aliphatic heterocycles. The van der Waals surface area contributed by atoms with Crippen LogP contribution in [0.5, 0.6) is 5.75 Å².